The minimum atomic E-state index is -0.602. The lowest BCUT2D eigenvalue weighted by molar-refractivity contribution is -0.128. The molecule has 2 amide bonds. The Morgan fingerprint density at radius 2 is 1.65 bits per heavy atom. The summed E-state index contributed by atoms with van der Waals surface area (Å²) in [5.74, 6) is 0.560. The van der Waals surface area contributed by atoms with E-state index >= 15 is 0 Å². The Labute approximate surface area is 155 Å². The molecule has 1 unspecified atom stereocenters. The zero-order chi connectivity index (χ0) is 19.1. The van der Waals surface area contributed by atoms with E-state index in [1.807, 2.05) is 55.5 Å². The minimum absolute atomic E-state index is 0.101. The molecular formula is C21H26N2O3. The topological polar surface area (TPSA) is 58.6 Å². The van der Waals surface area contributed by atoms with Gasteiger partial charge in [0.15, 0.2) is 6.10 Å². The summed E-state index contributed by atoms with van der Waals surface area (Å²) in [6.45, 7) is 3.72. The Morgan fingerprint density at radius 3 is 2.23 bits per heavy atom. The Morgan fingerprint density at radius 1 is 1.04 bits per heavy atom. The second-order valence-corrected chi connectivity index (χ2v) is 6.55. The molecular weight excluding hydrogens is 328 g/mol. The molecule has 0 aliphatic rings. The highest BCUT2D eigenvalue weighted by atomic mass is 16.5. The molecule has 0 saturated carbocycles. The van der Waals surface area contributed by atoms with E-state index in [1.54, 1.807) is 25.9 Å². The Bertz CT molecular complexity index is 737. The molecule has 26 heavy (non-hydrogen) atoms. The third-order valence-corrected chi connectivity index (χ3v) is 4.05. The van der Waals surface area contributed by atoms with Crippen LogP contribution in [0.3, 0.4) is 0 Å². The van der Waals surface area contributed by atoms with Gasteiger partial charge in [-0.2, -0.15) is 0 Å². The molecule has 5 heteroatoms. The smallest absolute Gasteiger partial charge is 0.265 e. The van der Waals surface area contributed by atoms with Crippen LogP contribution in [0.2, 0.25) is 0 Å². The highest BCUT2D eigenvalue weighted by Gasteiger charge is 2.15. The van der Waals surface area contributed by atoms with Crippen LogP contribution in [0.25, 0.3) is 0 Å². The van der Waals surface area contributed by atoms with Crippen molar-refractivity contribution in [2.75, 3.05) is 19.4 Å². The number of aryl methyl sites for hydroxylation is 2. The van der Waals surface area contributed by atoms with E-state index in [0.717, 1.165) is 11.1 Å². The molecule has 2 aromatic rings. The fourth-order valence-corrected chi connectivity index (χ4v) is 2.35. The number of amides is 2. The highest BCUT2D eigenvalue weighted by molar-refractivity contribution is 5.94. The number of hydrogen-bond donors (Lipinski definition) is 1. The normalized spacial score (nSPS) is 11.5. The van der Waals surface area contributed by atoms with Crippen molar-refractivity contribution in [2.24, 2.45) is 0 Å². The van der Waals surface area contributed by atoms with Crippen LogP contribution in [0.15, 0.2) is 48.5 Å². The highest BCUT2D eigenvalue weighted by Crippen LogP contribution is 2.15. The van der Waals surface area contributed by atoms with E-state index in [9.17, 15) is 9.59 Å². The fraction of sp³-hybridized carbons (Fsp3) is 0.333. The van der Waals surface area contributed by atoms with Gasteiger partial charge in [-0.15, -0.1) is 0 Å². The number of hydrogen-bond acceptors (Lipinski definition) is 3. The number of rotatable bonds is 7. The molecule has 0 radical (unpaired) electrons. The predicted octanol–water partition coefficient (Wildman–Crippen LogP) is 3.42. The van der Waals surface area contributed by atoms with Crippen molar-refractivity contribution in [3.8, 4) is 5.75 Å². The lowest BCUT2D eigenvalue weighted by Gasteiger charge is -2.15. The molecule has 2 rings (SSSR count). The molecule has 0 spiro atoms. The summed E-state index contributed by atoms with van der Waals surface area (Å²) in [6.07, 6.45) is 0.549. The van der Waals surface area contributed by atoms with Gasteiger partial charge in [0.2, 0.25) is 5.91 Å². The van der Waals surface area contributed by atoms with Gasteiger partial charge in [0.25, 0.3) is 5.91 Å². The summed E-state index contributed by atoms with van der Waals surface area (Å²) in [4.78, 5) is 25.5. The number of anilines is 1. The molecule has 0 fully saturated rings. The predicted molar refractivity (Wildman–Crippen MR) is 103 cm³/mol. The Hall–Kier alpha value is -2.82. The summed E-state index contributed by atoms with van der Waals surface area (Å²) in [6, 6.07) is 15.1. The van der Waals surface area contributed by atoms with Gasteiger partial charge in [-0.1, -0.05) is 29.8 Å². The van der Waals surface area contributed by atoms with Crippen molar-refractivity contribution in [1.82, 2.24) is 4.90 Å². The summed E-state index contributed by atoms with van der Waals surface area (Å²) < 4.78 is 5.66. The van der Waals surface area contributed by atoms with Crippen molar-refractivity contribution in [1.29, 1.82) is 0 Å². The third-order valence-electron chi connectivity index (χ3n) is 4.05. The van der Waals surface area contributed by atoms with Crippen molar-refractivity contribution >= 4 is 17.5 Å². The van der Waals surface area contributed by atoms with Crippen LogP contribution >= 0.6 is 0 Å². The average molecular weight is 354 g/mol. The van der Waals surface area contributed by atoms with Gasteiger partial charge in [-0.3, -0.25) is 9.59 Å². The molecule has 0 saturated heterocycles. The Kier molecular flexibility index (Phi) is 6.78. The second-order valence-electron chi connectivity index (χ2n) is 6.55. The van der Waals surface area contributed by atoms with Crippen LogP contribution in [0.5, 0.6) is 5.75 Å². The maximum atomic E-state index is 12.3. The van der Waals surface area contributed by atoms with Gasteiger partial charge in [0.1, 0.15) is 5.75 Å². The van der Waals surface area contributed by atoms with Crippen molar-refractivity contribution in [3.05, 3.63) is 59.7 Å². The van der Waals surface area contributed by atoms with Gasteiger partial charge in [0, 0.05) is 26.2 Å². The van der Waals surface area contributed by atoms with Crippen molar-refractivity contribution in [3.63, 3.8) is 0 Å². The number of nitrogens with one attached hydrogen (secondary N) is 1. The van der Waals surface area contributed by atoms with Crippen LogP contribution in [-0.4, -0.2) is 36.9 Å². The first kappa shape index (κ1) is 19.5. The number of carbonyl (C=O) groups is 2. The minimum Gasteiger partial charge on any atom is -0.481 e. The van der Waals surface area contributed by atoms with E-state index in [0.29, 0.717) is 24.3 Å². The lowest BCUT2D eigenvalue weighted by atomic mass is 10.1. The van der Waals surface area contributed by atoms with Crippen molar-refractivity contribution < 1.29 is 14.3 Å². The van der Waals surface area contributed by atoms with E-state index in [-0.39, 0.29) is 11.8 Å². The van der Waals surface area contributed by atoms with E-state index < -0.39 is 6.10 Å². The molecule has 0 aromatic heterocycles. The molecule has 5 nitrogen and oxygen atoms in total. The first-order valence-corrected chi connectivity index (χ1v) is 8.68. The maximum Gasteiger partial charge on any atom is 0.265 e. The van der Waals surface area contributed by atoms with E-state index in [4.69, 9.17) is 4.74 Å². The van der Waals surface area contributed by atoms with Crippen LogP contribution in [0.4, 0.5) is 5.69 Å². The molecule has 0 aliphatic carbocycles. The van der Waals surface area contributed by atoms with E-state index in [1.165, 1.54) is 0 Å². The molecule has 2 aromatic carbocycles. The van der Waals surface area contributed by atoms with Gasteiger partial charge in [-0.25, -0.2) is 0 Å². The summed E-state index contributed by atoms with van der Waals surface area (Å²) in [7, 11) is 3.50. The third kappa shape index (κ3) is 5.92. The summed E-state index contributed by atoms with van der Waals surface area (Å²) >= 11 is 0. The first-order chi connectivity index (χ1) is 12.3. The number of benzene rings is 2. The van der Waals surface area contributed by atoms with Crippen LogP contribution in [-0.2, 0) is 16.0 Å². The fourth-order valence-electron chi connectivity index (χ4n) is 2.35. The molecule has 0 aliphatic heterocycles. The van der Waals surface area contributed by atoms with Gasteiger partial charge in [0.05, 0.1) is 0 Å². The molecule has 0 bridgehead atoms. The van der Waals surface area contributed by atoms with Gasteiger partial charge < -0.3 is 15.0 Å². The Balaban J connectivity index is 1.86. The second kappa shape index (κ2) is 9.04. The summed E-state index contributed by atoms with van der Waals surface area (Å²) in [5.41, 5.74) is 2.90. The zero-order valence-electron chi connectivity index (χ0n) is 15.8. The van der Waals surface area contributed by atoms with Crippen molar-refractivity contribution in [2.45, 2.75) is 32.8 Å². The molecule has 138 valence electrons. The number of nitrogens with zero attached hydrogens (tertiary/aromatic N) is 1. The molecule has 1 atom stereocenters. The summed E-state index contributed by atoms with van der Waals surface area (Å²) in [5, 5.41) is 2.84. The maximum absolute atomic E-state index is 12.3. The average Bonchev–Trinajstić information content (AvgIpc) is 2.62. The first-order valence-electron chi connectivity index (χ1n) is 8.68. The van der Waals surface area contributed by atoms with Crippen LogP contribution in [0.1, 0.15) is 24.5 Å². The van der Waals surface area contributed by atoms with Crippen LogP contribution in [0, 0.1) is 6.92 Å². The molecule has 0 heterocycles. The van der Waals surface area contributed by atoms with Crippen LogP contribution < -0.4 is 10.1 Å². The standard InChI is InChI=1S/C21H26N2O3/c1-15-5-12-19(13-6-15)26-16(2)21(25)22-18-10-7-17(8-11-18)9-14-20(24)23(3)4/h5-8,10-13,16H,9,14H2,1-4H3,(H,22,25). The SMILES string of the molecule is Cc1ccc(OC(C)C(=O)Nc2ccc(CCC(=O)N(C)C)cc2)cc1. The zero-order valence-corrected chi connectivity index (χ0v) is 15.8. The quantitative estimate of drug-likeness (QED) is 0.829. The number of ether oxygens (including phenoxy) is 1. The lowest BCUT2D eigenvalue weighted by Crippen LogP contribution is -2.30. The van der Waals surface area contributed by atoms with E-state index in [2.05, 4.69) is 5.32 Å². The number of carbonyl (C=O) groups excluding carboxylic acids is 2. The molecule has 1 N–H and O–H groups in total. The monoisotopic (exact) mass is 354 g/mol. The van der Waals surface area contributed by atoms with Gasteiger partial charge in [-0.05, 0) is 50.1 Å². The van der Waals surface area contributed by atoms with Gasteiger partial charge >= 0.3 is 0 Å². The largest absolute Gasteiger partial charge is 0.481 e.